The highest BCUT2D eigenvalue weighted by Gasteiger charge is 2.45. The lowest BCUT2D eigenvalue weighted by molar-refractivity contribution is -0.893. The zero-order valence-corrected chi connectivity index (χ0v) is 14.0. The molecule has 0 radical (unpaired) electrons. The van der Waals surface area contributed by atoms with Gasteiger partial charge in [0, 0.05) is 19.4 Å². The van der Waals surface area contributed by atoms with Gasteiger partial charge in [0.25, 0.3) is 0 Å². The third-order valence-electron chi connectivity index (χ3n) is 5.05. The summed E-state index contributed by atoms with van der Waals surface area (Å²) in [4.78, 5) is 5.28. The lowest BCUT2D eigenvalue weighted by Gasteiger charge is -2.41. The van der Waals surface area contributed by atoms with Gasteiger partial charge in [-0.25, -0.2) is 4.99 Å². The molecule has 1 aromatic heterocycles. The molecule has 2 aliphatic rings. The average Bonchev–Trinajstić information content (AvgIpc) is 3.11. The Balaban J connectivity index is 1.71. The van der Waals surface area contributed by atoms with Gasteiger partial charge >= 0.3 is 0 Å². The summed E-state index contributed by atoms with van der Waals surface area (Å²) in [5.41, 5.74) is 0.203. The van der Waals surface area contributed by atoms with Crippen LogP contribution in [0.4, 0.5) is 0 Å². The minimum absolute atomic E-state index is 0.0275. The molecular formula is C18H30N2O2+2. The van der Waals surface area contributed by atoms with E-state index in [1.807, 2.05) is 12.1 Å². The molecule has 0 aliphatic carbocycles. The Labute approximate surface area is 133 Å². The standard InChI is InChI=1S/C18H28N2O2/c1-17(2)13-18(7-11-22-17,15-20-8-3-4-9-20)14-19-12-16-6-5-10-21-16/h5-6,10,14H,3-4,7-9,11-13,15H2,1-2H3/p+2/t18-/m0/s1. The highest BCUT2D eigenvalue weighted by atomic mass is 16.5. The highest BCUT2D eigenvalue weighted by molar-refractivity contribution is 5.60. The molecule has 4 heteroatoms. The molecule has 0 amide bonds. The molecule has 2 aliphatic heterocycles. The van der Waals surface area contributed by atoms with Gasteiger partial charge in [-0.15, -0.1) is 0 Å². The smallest absolute Gasteiger partial charge is 0.198 e. The fraction of sp³-hybridized carbons (Fsp3) is 0.722. The number of hydrogen-bond donors (Lipinski definition) is 2. The van der Waals surface area contributed by atoms with Crippen LogP contribution >= 0.6 is 0 Å². The van der Waals surface area contributed by atoms with Crippen LogP contribution in [0.5, 0.6) is 0 Å². The van der Waals surface area contributed by atoms with E-state index >= 15 is 0 Å². The largest absolute Gasteiger partial charge is 0.463 e. The summed E-state index contributed by atoms with van der Waals surface area (Å²) in [6.07, 6.45) is 9.06. The Morgan fingerprint density at radius 3 is 2.82 bits per heavy atom. The first kappa shape index (κ1) is 15.8. The number of furan rings is 1. The number of quaternary nitrogens is 1. The quantitative estimate of drug-likeness (QED) is 0.762. The number of likely N-dealkylation sites (tertiary alicyclic amines) is 1. The van der Waals surface area contributed by atoms with Gasteiger partial charge in [-0.2, -0.15) is 0 Å². The molecule has 3 rings (SSSR count). The van der Waals surface area contributed by atoms with Crippen molar-refractivity contribution in [1.29, 1.82) is 0 Å². The third-order valence-corrected chi connectivity index (χ3v) is 5.05. The minimum atomic E-state index is -0.0275. The zero-order valence-electron chi connectivity index (χ0n) is 14.0. The van der Waals surface area contributed by atoms with Crippen molar-refractivity contribution in [1.82, 2.24) is 0 Å². The monoisotopic (exact) mass is 306 g/mol. The normalized spacial score (nSPS) is 29.4. The van der Waals surface area contributed by atoms with E-state index in [-0.39, 0.29) is 11.0 Å². The number of rotatable bonds is 5. The van der Waals surface area contributed by atoms with Gasteiger partial charge < -0.3 is 14.1 Å². The fourth-order valence-electron chi connectivity index (χ4n) is 4.17. The van der Waals surface area contributed by atoms with Crippen LogP contribution in [-0.2, 0) is 11.3 Å². The van der Waals surface area contributed by atoms with E-state index in [4.69, 9.17) is 9.15 Å². The van der Waals surface area contributed by atoms with Gasteiger partial charge in [0.15, 0.2) is 18.5 Å². The van der Waals surface area contributed by atoms with Crippen molar-refractivity contribution in [2.75, 3.05) is 26.2 Å². The van der Waals surface area contributed by atoms with E-state index in [1.165, 1.54) is 32.5 Å². The van der Waals surface area contributed by atoms with Crippen molar-refractivity contribution in [2.45, 2.75) is 51.7 Å². The topological polar surface area (TPSA) is 40.8 Å². The van der Waals surface area contributed by atoms with Crippen LogP contribution in [0.25, 0.3) is 0 Å². The van der Waals surface area contributed by atoms with Crippen LogP contribution < -0.4 is 9.89 Å². The third kappa shape index (κ3) is 3.99. The van der Waals surface area contributed by atoms with Crippen LogP contribution in [0.15, 0.2) is 22.8 Å². The molecule has 0 aromatic carbocycles. The average molecular weight is 306 g/mol. The zero-order chi connectivity index (χ0) is 15.5. The number of nitrogens with one attached hydrogen (secondary N) is 2. The molecule has 3 heterocycles. The van der Waals surface area contributed by atoms with Crippen LogP contribution in [-0.4, -0.2) is 38.1 Å². The Morgan fingerprint density at radius 1 is 1.32 bits per heavy atom. The van der Waals surface area contributed by atoms with E-state index in [0.717, 1.165) is 31.8 Å². The SMILES string of the molecule is CC1(C)C[C@@](C=[NH+]Cc2ccco2)(C[NH+]2CCCC2)CCO1. The predicted molar refractivity (Wildman–Crippen MR) is 85.9 cm³/mol. The Bertz CT molecular complexity index is 489. The van der Waals surface area contributed by atoms with E-state index in [2.05, 4.69) is 25.1 Å². The summed E-state index contributed by atoms with van der Waals surface area (Å²) in [6, 6.07) is 3.96. The van der Waals surface area contributed by atoms with Crippen molar-refractivity contribution in [3.8, 4) is 0 Å². The maximum Gasteiger partial charge on any atom is 0.198 e. The van der Waals surface area contributed by atoms with E-state index in [1.54, 1.807) is 11.2 Å². The summed E-state index contributed by atoms with van der Waals surface area (Å²) >= 11 is 0. The summed E-state index contributed by atoms with van der Waals surface area (Å²) < 4.78 is 11.4. The summed E-state index contributed by atoms with van der Waals surface area (Å²) in [5.74, 6) is 0.992. The fourth-order valence-corrected chi connectivity index (χ4v) is 4.17. The van der Waals surface area contributed by atoms with Gasteiger partial charge in [-0.3, -0.25) is 0 Å². The number of hydrogen-bond acceptors (Lipinski definition) is 2. The summed E-state index contributed by atoms with van der Waals surface area (Å²) in [5, 5.41) is 0. The van der Waals surface area contributed by atoms with Gasteiger partial charge in [0.1, 0.15) is 5.41 Å². The summed E-state index contributed by atoms with van der Waals surface area (Å²) in [6.45, 7) is 9.96. The van der Waals surface area contributed by atoms with Crippen LogP contribution in [0.1, 0.15) is 45.3 Å². The molecule has 0 spiro atoms. The molecule has 1 aromatic rings. The number of ether oxygens (including phenoxy) is 1. The van der Waals surface area contributed by atoms with Crippen molar-refractivity contribution >= 4 is 6.21 Å². The molecule has 122 valence electrons. The van der Waals surface area contributed by atoms with Crippen molar-refractivity contribution in [2.24, 2.45) is 5.41 Å². The van der Waals surface area contributed by atoms with E-state index in [9.17, 15) is 0 Å². The van der Waals surface area contributed by atoms with Crippen molar-refractivity contribution in [3.05, 3.63) is 24.2 Å². The molecule has 0 unspecified atom stereocenters. The molecule has 22 heavy (non-hydrogen) atoms. The second kappa shape index (κ2) is 6.55. The van der Waals surface area contributed by atoms with Gasteiger partial charge in [0.05, 0.1) is 31.5 Å². The first-order valence-corrected chi connectivity index (χ1v) is 8.65. The van der Waals surface area contributed by atoms with E-state index in [0.29, 0.717) is 0 Å². The lowest BCUT2D eigenvalue weighted by Crippen LogP contribution is -3.11. The predicted octanol–water partition coefficient (Wildman–Crippen LogP) is 0.185. The van der Waals surface area contributed by atoms with Gasteiger partial charge in [0.2, 0.25) is 0 Å². The lowest BCUT2D eigenvalue weighted by atomic mass is 9.74. The molecule has 4 nitrogen and oxygen atoms in total. The van der Waals surface area contributed by atoms with Crippen LogP contribution in [0.3, 0.4) is 0 Å². The molecule has 1 atom stereocenters. The molecule has 2 fully saturated rings. The van der Waals surface area contributed by atoms with Gasteiger partial charge in [-0.05, 0) is 38.8 Å². The Morgan fingerprint density at radius 2 is 2.14 bits per heavy atom. The second-order valence-corrected chi connectivity index (χ2v) is 7.64. The first-order chi connectivity index (χ1) is 10.6. The van der Waals surface area contributed by atoms with Crippen molar-refractivity contribution in [3.63, 3.8) is 0 Å². The Hall–Kier alpha value is -1.13. The van der Waals surface area contributed by atoms with Crippen molar-refractivity contribution < 1.29 is 19.0 Å². The van der Waals surface area contributed by atoms with Crippen LogP contribution in [0.2, 0.25) is 0 Å². The maximum absolute atomic E-state index is 5.96. The Kier molecular flexibility index (Phi) is 4.69. The minimum Gasteiger partial charge on any atom is -0.463 e. The summed E-state index contributed by atoms with van der Waals surface area (Å²) in [7, 11) is 0. The maximum atomic E-state index is 5.96. The molecule has 2 N–H and O–H groups in total. The van der Waals surface area contributed by atoms with E-state index < -0.39 is 0 Å². The molecule has 2 saturated heterocycles. The van der Waals surface area contributed by atoms with Crippen LogP contribution in [0, 0.1) is 5.41 Å². The second-order valence-electron chi connectivity index (χ2n) is 7.64. The highest BCUT2D eigenvalue weighted by Crippen LogP contribution is 2.36. The molecular weight excluding hydrogens is 276 g/mol. The first-order valence-electron chi connectivity index (χ1n) is 8.65. The molecule has 0 saturated carbocycles. The van der Waals surface area contributed by atoms with Gasteiger partial charge in [-0.1, -0.05) is 0 Å². The molecule has 0 bridgehead atoms.